The van der Waals surface area contributed by atoms with Gasteiger partial charge in [-0.1, -0.05) is 6.92 Å². The zero-order valence-electron chi connectivity index (χ0n) is 13.5. The van der Waals surface area contributed by atoms with E-state index in [1.165, 1.54) is 12.3 Å². The zero-order chi connectivity index (χ0) is 17.6. The number of alkyl halides is 3. The summed E-state index contributed by atoms with van der Waals surface area (Å²) in [6.45, 7) is 1.01. The van der Waals surface area contributed by atoms with Crippen LogP contribution in [0.4, 0.5) is 18.0 Å². The molecule has 0 radical (unpaired) electrons. The Morgan fingerprint density at radius 1 is 1.33 bits per heavy atom. The molecule has 0 spiro atoms. The van der Waals surface area contributed by atoms with Crippen LogP contribution in [0.15, 0.2) is 18.3 Å². The Morgan fingerprint density at radius 2 is 2.04 bits per heavy atom. The molecule has 0 atom stereocenters. The van der Waals surface area contributed by atoms with E-state index in [2.05, 4.69) is 27.3 Å². The van der Waals surface area contributed by atoms with Gasteiger partial charge in [-0.2, -0.15) is 13.2 Å². The second-order valence-corrected chi connectivity index (χ2v) is 6.19. The van der Waals surface area contributed by atoms with Crippen LogP contribution in [-0.4, -0.2) is 29.8 Å². The van der Waals surface area contributed by atoms with Crippen LogP contribution in [0.2, 0.25) is 0 Å². The average molecular weight is 345 g/mol. The van der Waals surface area contributed by atoms with Crippen molar-refractivity contribution in [2.75, 3.05) is 6.61 Å². The summed E-state index contributed by atoms with van der Waals surface area (Å²) >= 11 is 0. The van der Waals surface area contributed by atoms with E-state index in [0.29, 0.717) is 11.5 Å². The molecule has 1 aromatic rings. The van der Waals surface area contributed by atoms with Crippen molar-refractivity contribution in [2.24, 2.45) is 5.92 Å². The highest BCUT2D eigenvalue weighted by Crippen LogP contribution is 2.23. The molecule has 2 amide bonds. The van der Waals surface area contributed by atoms with Crippen LogP contribution in [0.5, 0.6) is 5.88 Å². The van der Waals surface area contributed by atoms with E-state index in [1.807, 2.05) is 0 Å². The SMILES string of the molecule is CC1CCC(NC(=O)NCc2ccnc(OCC(F)(F)F)c2)CC1. The van der Waals surface area contributed by atoms with Crippen molar-refractivity contribution < 1.29 is 22.7 Å². The number of nitrogens with one attached hydrogen (secondary N) is 2. The number of hydrogen-bond donors (Lipinski definition) is 2. The number of pyridine rings is 1. The summed E-state index contributed by atoms with van der Waals surface area (Å²) in [6, 6.07) is 2.91. The predicted molar refractivity (Wildman–Crippen MR) is 82.6 cm³/mol. The minimum Gasteiger partial charge on any atom is -0.468 e. The maximum Gasteiger partial charge on any atom is 0.422 e. The number of halogens is 3. The molecule has 1 aliphatic carbocycles. The molecule has 2 rings (SSSR count). The molecule has 24 heavy (non-hydrogen) atoms. The molecule has 134 valence electrons. The molecule has 1 aliphatic rings. The topological polar surface area (TPSA) is 63.2 Å². The fourth-order valence-electron chi connectivity index (χ4n) is 2.62. The Bertz CT molecular complexity index is 544. The van der Waals surface area contributed by atoms with Crippen molar-refractivity contribution in [1.29, 1.82) is 0 Å². The number of urea groups is 1. The largest absolute Gasteiger partial charge is 0.468 e. The third kappa shape index (κ3) is 6.64. The van der Waals surface area contributed by atoms with Crippen molar-refractivity contribution in [3.63, 3.8) is 0 Å². The second-order valence-electron chi connectivity index (χ2n) is 6.19. The van der Waals surface area contributed by atoms with E-state index >= 15 is 0 Å². The summed E-state index contributed by atoms with van der Waals surface area (Å²) in [6.07, 6.45) is 1.10. The van der Waals surface area contributed by atoms with Crippen LogP contribution in [0.3, 0.4) is 0 Å². The number of rotatable bonds is 5. The van der Waals surface area contributed by atoms with Gasteiger partial charge < -0.3 is 15.4 Å². The predicted octanol–water partition coefficient (Wildman–Crippen LogP) is 3.40. The van der Waals surface area contributed by atoms with Crippen molar-refractivity contribution >= 4 is 6.03 Å². The number of ether oxygens (including phenoxy) is 1. The number of aromatic nitrogens is 1. The Morgan fingerprint density at radius 3 is 2.71 bits per heavy atom. The monoisotopic (exact) mass is 345 g/mol. The van der Waals surface area contributed by atoms with Gasteiger partial charge in [0.1, 0.15) is 0 Å². The van der Waals surface area contributed by atoms with Gasteiger partial charge in [0.15, 0.2) is 6.61 Å². The molecule has 0 aromatic carbocycles. The Hall–Kier alpha value is -1.99. The van der Waals surface area contributed by atoms with E-state index in [4.69, 9.17) is 0 Å². The van der Waals surface area contributed by atoms with Crippen LogP contribution >= 0.6 is 0 Å². The maximum atomic E-state index is 12.1. The number of carbonyl (C=O) groups is 1. The highest BCUT2D eigenvalue weighted by atomic mass is 19.4. The van der Waals surface area contributed by atoms with E-state index < -0.39 is 12.8 Å². The minimum atomic E-state index is -4.41. The van der Waals surface area contributed by atoms with Gasteiger partial charge >= 0.3 is 12.2 Å². The van der Waals surface area contributed by atoms with Crippen LogP contribution < -0.4 is 15.4 Å². The van der Waals surface area contributed by atoms with Crippen molar-refractivity contribution in [3.8, 4) is 5.88 Å². The Labute approximate surface area is 139 Å². The van der Waals surface area contributed by atoms with Gasteiger partial charge in [0.2, 0.25) is 5.88 Å². The standard InChI is InChI=1S/C16H22F3N3O2/c1-11-2-4-13(5-3-11)22-15(23)21-9-12-6-7-20-14(8-12)24-10-16(17,18)19/h6-8,11,13H,2-5,9-10H2,1H3,(H2,21,22,23). The normalized spacial score (nSPS) is 21.2. The molecule has 0 aliphatic heterocycles. The van der Waals surface area contributed by atoms with E-state index in [1.54, 1.807) is 6.07 Å². The minimum absolute atomic E-state index is 0.117. The van der Waals surface area contributed by atoms with Crippen LogP contribution in [0.1, 0.15) is 38.2 Å². The lowest BCUT2D eigenvalue weighted by molar-refractivity contribution is -0.154. The molecule has 1 heterocycles. The first-order valence-corrected chi connectivity index (χ1v) is 8.00. The molecule has 5 nitrogen and oxygen atoms in total. The first-order chi connectivity index (χ1) is 11.3. The van der Waals surface area contributed by atoms with Crippen molar-refractivity contribution in [2.45, 2.75) is 51.4 Å². The molecular formula is C16H22F3N3O2. The number of amides is 2. The Kier molecular flexibility index (Phi) is 6.28. The highest BCUT2D eigenvalue weighted by molar-refractivity contribution is 5.74. The van der Waals surface area contributed by atoms with E-state index in [9.17, 15) is 18.0 Å². The molecular weight excluding hydrogens is 323 g/mol. The van der Waals surface area contributed by atoms with Crippen molar-refractivity contribution in [3.05, 3.63) is 23.9 Å². The fourth-order valence-corrected chi connectivity index (χ4v) is 2.62. The lowest BCUT2D eigenvalue weighted by atomic mass is 9.87. The molecule has 1 aromatic heterocycles. The van der Waals surface area contributed by atoms with Gasteiger partial charge in [0, 0.05) is 24.8 Å². The first-order valence-electron chi connectivity index (χ1n) is 8.00. The van der Waals surface area contributed by atoms with Gasteiger partial charge in [0.05, 0.1) is 0 Å². The smallest absolute Gasteiger partial charge is 0.422 e. The average Bonchev–Trinajstić information content (AvgIpc) is 2.53. The summed E-state index contributed by atoms with van der Waals surface area (Å²) in [7, 11) is 0. The summed E-state index contributed by atoms with van der Waals surface area (Å²) in [5, 5.41) is 5.63. The summed E-state index contributed by atoms with van der Waals surface area (Å²) < 4.78 is 41.0. The Balaban J connectivity index is 1.76. The van der Waals surface area contributed by atoms with Crippen LogP contribution in [-0.2, 0) is 6.54 Å². The van der Waals surface area contributed by atoms with Gasteiger partial charge in [0.25, 0.3) is 0 Å². The number of nitrogens with zero attached hydrogens (tertiary/aromatic N) is 1. The third-order valence-corrected chi connectivity index (χ3v) is 3.99. The number of hydrogen-bond acceptors (Lipinski definition) is 3. The highest BCUT2D eigenvalue weighted by Gasteiger charge is 2.28. The van der Waals surface area contributed by atoms with Gasteiger partial charge in [-0.25, -0.2) is 9.78 Å². The van der Waals surface area contributed by atoms with Crippen LogP contribution in [0.25, 0.3) is 0 Å². The maximum absolute atomic E-state index is 12.1. The van der Waals surface area contributed by atoms with Crippen molar-refractivity contribution in [1.82, 2.24) is 15.6 Å². The fraction of sp³-hybridized carbons (Fsp3) is 0.625. The lowest BCUT2D eigenvalue weighted by Gasteiger charge is -2.26. The molecule has 0 unspecified atom stereocenters. The molecule has 0 bridgehead atoms. The first kappa shape index (κ1) is 18.4. The molecule has 1 fully saturated rings. The van der Waals surface area contributed by atoms with E-state index in [0.717, 1.165) is 25.7 Å². The zero-order valence-corrected chi connectivity index (χ0v) is 13.5. The number of carbonyl (C=O) groups excluding carboxylic acids is 1. The van der Waals surface area contributed by atoms with Crippen LogP contribution in [0, 0.1) is 5.92 Å². The summed E-state index contributed by atoms with van der Waals surface area (Å²) in [5.41, 5.74) is 0.620. The molecule has 8 heteroatoms. The van der Waals surface area contributed by atoms with Gasteiger partial charge in [-0.05, 0) is 43.2 Å². The molecule has 1 saturated carbocycles. The lowest BCUT2D eigenvalue weighted by Crippen LogP contribution is -2.43. The third-order valence-electron chi connectivity index (χ3n) is 3.99. The molecule has 2 N–H and O–H groups in total. The molecule has 0 saturated heterocycles. The van der Waals surface area contributed by atoms with Gasteiger partial charge in [-0.3, -0.25) is 0 Å². The second kappa shape index (κ2) is 8.21. The summed E-state index contributed by atoms with van der Waals surface area (Å²) in [5.74, 6) is 0.589. The van der Waals surface area contributed by atoms with E-state index in [-0.39, 0.29) is 24.5 Å². The quantitative estimate of drug-likeness (QED) is 0.860. The summed E-state index contributed by atoms with van der Waals surface area (Å²) in [4.78, 5) is 15.6. The van der Waals surface area contributed by atoms with Gasteiger partial charge in [-0.15, -0.1) is 0 Å².